The molecule has 2 aliphatic rings. The molecule has 0 bridgehead atoms. The normalized spacial score (nSPS) is 16.6. The van der Waals surface area contributed by atoms with Gasteiger partial charge in [0.2, 0.25) is 11.7 Å². The summed E-state index contributed by atoms with van der Waals surface area (Å²) in [6.45, 7) is 0.831. The number of carbonyl (C=O) groups excluding carboxylic acids is 1. The number of fused-ring (bicyclic) bond motifs is 1. The van der Waals surface area contributed by atoms with Gasteiger partial charge in [0.05, 0.1) is 27.6 Å². The van der Waals surface area contributed by atoms with E-state index in [2.05, 4.69) is 33.7 Å². The van der Waals surface area contributed by atoms with Crippen molar-refractivity contribution in [2.45, 2.75) is 38.7 Å². The molecule has 3 aromatic carbocycles. The van der Waals surface area contributed by atoms with Crippen molar-refractivity contribution in [3.05, 3.63) is 82.5 Å². The van der Waals surface area contributed by atoms with Crippen molar-refractivity contribution >= 4 is 43.6 Å². The number of hydrogen-bond acceptors (Lipinski definition) is 6. The van der Waals surface area contributed by atoms with Crippen LogP contribution in [0.15, 0.2) is 65.2 Å². The van der Waals surface area contributed by atoms with Crippen LogP contribution >= 0.6 is 11.6 Å². The molecule has 1 aliphatic heterocycles. The number of ether oxygens (including phenoxy) is 2. The number of aryl methyl sites for hydroxylation is 1. The lowest BCUT2D eigenvalue weighted by Gasteiger charge is -2.18. The summed E-state index contributed by atoms with van der Waals surface area (Å²) in [5.41, 5.74) is 1.83. The zero-order valence-corrected chi connectivity index (χ0v) is 24.0. The van der Waals surface area contributed by atoms with E-state index in [0.717, 1.165) is 48.4 Å². The van der Waals surface area contributed by atoms with Crippen molar-refractivity contribution in [2.24, 2.45) is 17.3 Å². The van der Waals surface area contributed by atoms with Gasteiger partial charge in [0.1, 0.15) is 23.6 Å². The minimum atomic E-state index is -2.47. The Morgan fingerprint density at radius 2 is 1.80 bits per heavy atom. The molecule has 7 nitrogen and oxygen atoms in total. The molecule has 0 amide bonds. The van der Waals surface area contributed by atoms with Gasteiger partial charge in [-0.3, -0.25) is 4.79 Å². The number of nitrogens with zero attached hydrogens (tertiary/aromatic N) is 3. The molecule has 0 spiro atoms. The quantitative estimate of drug-likeness (QED) is 0.198. The molecular weight excluding hydrogens is 546 g/mol. The Balaban J connectivity index is 1.31. The van der Waals surface area contributed by atoms with Gasteiger partial charge in [0.15, 0.2) is 0 Å². The van der Waals surface area contributed by atoms with Gasteiger partial charge in [-0.25, -0.2) is 8.89 Å². The molecule has 1 aliphatic carbocycles. The largest absolute Gasteiger partial charge is 0.491 e. The van der Waals surface area contributed by atoms with Crippen molar-refractivity contribution in [1.29, 1.82) is 0 Å². The first-order chi connectivity index (χ1) is 19.4. The lowest BCUT2D eigenvalue weighted by Crippen LogP contribution is -2.16. The fourth-order valence-corrected chi connectivity index (χ4v) is 7.53. The molecule has 0 radical (unpaired) electrons. The zero-order chi connectivity index (χ0) is 27.7. The molecule has 2 fully saturated rings. The monoisotopic (exact) mass is 577 g/mol. The number of halogens is 1. The van der Waals surface area contributed by atoms with Gasteiger partial charge in [-0.05, 0) is 66.1 Å². The maximum absolute atomic E-state index is 13.8. The Bertz CT molecular complexity index is 1690. The van der Waals surface area contributed by atoms with Crippen LogP contribution in [0.1, 0.15) is 53.6 Å². The van der Waals surface area contributed by atoms with Crippen molar-refractivity contribution < 1.29 is 18.5 Å². The Morgan fingerprint density at radius 1 is 1.02 bits per heavy atom. The van der Waals surface area contributed by atoms with E-state index in [1.54, 1.807) is 23.9 Å². The number of carbonyl (C=O) groups is 1. The van der Waals surface area contributed by atoms with E-state index in [1.807, 2.05) is 18.2 Å². The third kappa shape index (κ3) is 5.74. The third-order valence-corrected chi connectivity index (χ3v) is 10.2. The van der Waals surface area contributed by atoms with Crippen molar-refractivity contribution in [3.8, 4) is 11.6 Å². The van der Waals surface area contributed by atoms with E-state index in [1.165, 1.54) is 6.20 Å². The highest BCUT2D eigenvalue weighted by Crippen LogP contribution is 2.42. The smallest absolute Gasteiger partial charge is 0.223 e. The fourth-order valence-electron chi connectivity index (χ4n) is 4.99. The number of ketones is 1. The number of rotatable bonds is 9. The zero-order valence-electron chi connectivity index (χ0n) is 22.5. The SMILES string of the molecule is Cn1ncc(C(=O)c2ccc(OCC3CC3)c(N=S3(=O)CCCCC3)c2Cl)c1OCc1ccc2ccccc2c1. The van der Waals surface area contributed by atoms with Crippen molar-refractivity contribution in [1.82, 2.24) is 9.78 Å². The summed E-state index contributed by atoms with van der Waals surface area (Å²) < 4.78 is 32.0. The Kier molecular flexibility index (Phi) is 7.55. The number of benzene rings is 3. The number of aromatic nitrogens is 2. The lowest BCUT2D eigenvalue weighted by molar-refractivity contribution is 0.103. The molecule has 0 unspecified atom stereocenters. The standard InChI is InChI=1S/C31H32ClN3O4S/c1-35-31(39-20-22-11-12-23-7-3-4-8-24(23)17-22)26(18-33-35)30(36)25-13-14-27(38-19-21-9-10-21)29(28(25)32)34-40(37)15-5-2-6-16-40/h3-4,7-8,11-14,17-18,21H,2,5-6,9-10,15-16,19-20H2,1H3. The molecule has 6 rings (SSSR count). The second kappa shape index (κ2) is 11.3. The highest BCUT2D eigenvalue weighted by atomic mass is 35.5. The van der Waals surface area contributed by atoms with Crippen LogP contribution in [0.5, 0.6) is 11.6 Å². The van der Waals surface area contributed by atoms with E-state index < -0.39 is 9.73 Å². The second-order valence-corrected chi connectivity index (χ2v) is 13.6. The van der Waals surface area contributed by atoms with E-state index >= 15 is 0 Å². The molecule has 9 heteroatoms. The highest BCUT2D eigenvalue weighted by molar-refractivity contribution is 7.93. The topological polar surface area (TPSA) is 82.8 Å². The van der Waals surface area contributed by atoms with Crippen LogP contribution in [-0.2, 0) is 23.4 Å². The molecule has 0 N–H and O–H groups in total. The van der Waals surface area contributed by atoms with Crippen LogP contribution in [0.25, 0.3) is 10.8 Å². The van der Waals surface area contributed by atoms with Gasteiger partial charge in [-0.2, -0.15) is 9.46 Å². The average molecular weight is 578 g/mol. The van der Waals surface area contributed by atoms with E-state index in [0.29, 0.717) is 46.9 Å². The molecule has 4 aromatic rings. The molecule has 1 aromatic heterocycles. The molecule has 40 heavy (non-hydrogen) atoms. The van der Waals surface area contributed by atoms with Gasteiger partial charge >= 0.3 is 0 Å². The summed E-state index contributed by atoms with van der Waals surface area (Å²) in [7, 11) is -0.736. The molecular formula is C31H32ClN3O4S. The summed E-state index contributed by atoms with van der Waals surface area (Å²) in [4.78, 5) is 13.8. The number of hydrogen-bond donors (Lipinski definition) is 0. The predicted octanol–water partition coefficient (Wildman–Crippen LogP) is 7.11. The van der Waals surface area contributed by atoms with E-state index in [9.17, 15) is 9.00 Å². The van der Waals surface area contributed by atoms with Crippen molar-refractivity contribution in [3.63, 3.8) is 0 Å². The van der Waals surface area contributed by atoms with Gasteiger partial charge in [0, 0.05) is 24.1 Å². The molecule has 1 saturated heterocycles. The minimum Gasteiger partial charge on any atom is -0.491 e. The summed E-state index contributed by atoms with van der Waals surface area (Å²) >= 11 is 6.87. The average Bonchev–Trinajstić information content (AvgIpc) is 3.72. The Labute approximate surface area is 239 Å². The second-order valence-electron chi connectivity index (χ2n) is 10.6. The maximum Gasteiger partial charge on any atom is 0.223 e. The summed E-state index contributed by atoms with van der Waals surface area (Å²) in [6, 6.07) is 17.6. The summed E-state index contributed by atoms with van der Waals surface area (Å²) in [5.74, 6) is 2.06. The summed E-state index contributed by atoms with van der Waals surface area (Å²) in [6.07, 6.45) is 6.54. The Hall–Kier alpha value is -3.36. The first-order valence-corrected chi connectivity index (χ1v) is 16.0. The minimum absolute atomic E-state index is 0.149. The van der Waals surface area contributed by atoms with Crippen LogP contribution < -0.4 is 9.47 Å². The van der Waals surface area contributed by atoms with Gasteiger partial charge < -0.3 is 9.47 Å². The van der Waals surface area contributed by atoms with Gasteiger partial charge in [0.25, 0.3) is 0 Å². The lowest BCUT2D eigenvalue weighted by atomic mass is 10.0. The van der Waals surface area contributed by atoms with Crippen LogP contribution in [0, 0.1) is 5.92 Å². The fraction of sp³-hybridized carbons (Fsp3) is 0.355. The van der Waals surface area contributed by atoms with Crippen molar-refractivity contribution in [2.75, 3.05) is 18.1 Å². The summed E-state index contributed by atoms with van der Waals surface area (Å²) in [5, 5.41) is 6.71. The molecule has 208 valence electrons. The van der Waals surface area contributed by atoms with E-state index in [-0.39, 0.29) is 23.0 Å². The predicted molar refractivity (Wildman–Crippen MR) is 158 cm³/mol. The first kappa shape index (κ1) is 26.8. The molecule has 2 heterocycles. The van der Waals surface area contributed by atoms with Crippen LogP contribution in [-0.4, -0.2) is 37.9 Å². The van der Waals surface area contributed by atoms with Crippen LogP contribution in [0.4, 0.5) is 5.69 Å². The van der Waals surface area contributed by atoms with Gasteiger partial charge in [-0.15, -0.1) is 0 Å². The van der Waals surface area contributed by atoms with E-state index in [4.69, 9.17) is 21.1 Å². The molecule has 1 saturated carbocycles. The highest BCUT2D eigenvalue weighted by Gasteiger charge is 2.27. The molecule has 0 atom stereocenters. The first-order valence-electron chi connectivity index (χ1n) is 13.8. The van der Waals surface area contributed by atoms with Crippen LogP contribution in [0.2, 0.25) is 5.02 Å². The van der Waals surface area contributed by atoms with Gasteiger partial charge in [-0.1, -0.05) is 54.4 Å². The van der Waals surface area contributed by atoms with Crippen LogP contribution in [0.3, 0.4) is 0 Å². The maximum atomic E-state index is 13.8. The Morgan fingerprint density at radius 3 is 2.58 bits per heavy atom. The third-order valence-electron chi connectivity index (χ3n) is 7.50.